The Bertz CT molecular complexity index is 1010. The minimum Gasteiger partial charge on any atom is -0.370 e. The largest absolute Gasteiger partial charge is 0.370 e. The maximum Gasteiger partial charge on any atom is 0.254 e. The third kappa shape index (κ3) is 3.81. The van der Waals surface area contributed by atoms with Crippen molar-refractivity contribution >= 4 is 10.0 Å². The van der Waals surface area contributed by atoms with Gasteiger partial charge in [0, 0.05) is 36.3 Å². The second-order valence-corrected chi connectivity index (χ2v) is 9.57. The van der Waals surface area contributed by atoms with E-state index in [0.29, 0.717) is 38.2 Å². The standard InChI is InChI=1S/C19H24F2N4O3S/c1-2-5-29(26,27)25-18-10-24(9-12(18)8-23-25)14-7-17(22)19(28-11-14)15-6-13(20)3-4-16(15)21/h3-4,6,8,14,17,19H,2,5,7,9-11,22H2,1H3/t14-,17+,19-/m1/s1. The van der Waals surface area contributed by atoms with Gasteiger partial charge < -0.3 is 10.5 Å². The summed E-state index contributed by atoms with van der Waals surface area (Å²) < 4.78 is 59.4. The zero-order chi connectivity index (χ0) is 20.8. The maximum absolute atomic E-state index is 14.1. The SMILES string of the molecule is CCCS(=O)(=O)n1ncc2c1CN([C@H]1CO[C@H](c3cc(F)ccc3F)[C@@H](N)C1)C2. The first-order valence-electron chi connectivity index (χ1n) is 9.65. The van der Waals surface area contributed by atoms with Gasteiger partial charge in [-0.3, -0.25) is 4.90 Å². The molecule has 0 spiro atoms. The van der Waals surface area contributed by atoms with Crippen molar-refractivity contribution in [1.29, 1.82) is 0 Å². The van der Waals surface area contributed by atoms with Gasteiger partial charge in [0.05, 0.1) is 24.3 Å². The van der Waals surface area contributed by atoms with E-state index in [-0.39, 0.29) is 17.4 Å². The van der Waals surface area contributed by atoms with Crippen LogP contribution < -0.4 is 5.73 Å². The summed E-state index contributed by atoms with van der Waals surface area (Å²) >= 11 is 0. The molecule has 4 rings (SSSR count). The van der Waals surface area contributed by atoms with Gasteiger partial charge in [0.1, 0.15) is 17.7 Å². The van der Waals surface area contributed by atoms with Crippen LogP contribution >= 0.6 is 0 Å². The third-order valence-corrected chi connectivity index (χ3v) is 7.32. The van der Waals surface area contributed by atoms with Gasteiger partial charge in [-0.25, -0.2) is 17.2 Å². The highest BCUT2D eigenvalue weighted by molar-refractivity contribution is 7.89. The first kappa shape index (κ1) is 20.4. The number of fused-ring (bicyclic) bond motifs is 1. The van der Waals surface area contributed by atoms with Crippen molar-refractivity contribution in [1.82, 2.24) is 14.1 Å². The molecule has 3 atom stereocenters. The second-order valence-electron chi connectivity index (χ2n) is 7.65. The van der Waals surface area contributed by atoms with Crippen molar-refractivity contribution in [3.63, 3.8) is 0 Å². The van der Waals surface area contributed by atoms with Crippen LogP contribution in [-0.4, -0.2) is 46.9 Å². The smallest absolute Gasteiger partial charge is 0.254 e. The fourth-order valence-electron chi connectivity index (χ4n) is 4.14. The summed E-state index contributed by atoms with van der Waals surface area (Å²) in [6.07, 6.45) is 1.92. The van der Waals surface area contributed by atoms with Crippen LogP contribution in [0.5, 0.6) is 0 Å². The second kappa shape index (κ2) is 7.75. The lowest BCUT2D eigenvalue weighted by Crippen LogP contribution is -2.48. The molecule has 1 saturated heterocycles. The molecule has 2 aliphatic heterocycles. The maximum atomic E-state index is 14.1. The number of rotatable bonds is 5. The van der Waals surface area contributed by atoms with Crippen LogP contribution in [0.25, 0.3) is 0 Å². The molecule has 0 aliphatic carbocycles. The third-order valence-electron chi connectivity index (χ3n) is 5.55. The molecule has 10 heteroatoms. The molecule has 29 heavy (non-hydrogen) atoms. The molecule has 7 nitrogen and oxygen atoms in total. The van der Waals surface area contributed by atoms with Gasteiger partial charge in [-0.05, 0) is 31.0 Å². The van der Waals surface area contributed by atoms with E-state index in [4.69, 9.17) is 10.5 Å². The Kier molecular flexibility index (Phi) is 5.45. The van der Waals surface area contributed by atoms with Crippen LogP contribution in [-0.2, 0) is 27.8 Å². The van der Waals surface area contributed by atoms with Crippen LogP contribution in [0.15, 0.2) is 24.4 Å². The van der Waals surface area contributed by atoms with Crippen molar-refractivity contribution in [2.45, 2.75) is 51.0 Å². The topological polar surface area (TPSA) is 90.5 Å². The van der Waals surface area contributed by atoms with Gasteiger partial charge in [0.15, 0.2) is 0 Å². The van der Waals surface area contributed by atoms with E-state index in [2.05, 4.69) is 10.00 Å². The number of nitrogens with zero attached hydrogens (tertiary/aromatic N) is 3. The number of halogens is 2. The Balaban J connectivity index is 1.47. The summed E-state index contributed by atoms with van der Waals surface area (Å²) in [5.74, 6) is -1.04. The zero-order valence-corrected chi connectivity index (χ0v) is 16.9. The summed E-state index contributed by atoms with van der Waals surface area (Å²) in [5.41, 5.74) is 7.92. The van der Waals surface area contributed by atoms with E-state index in [9.17, 15) is 17.2 Å². The summed E-state index contributed by atoms with van der Waals surface area (Å²) in [6, 6.07) is 2.71. The molecule has 1 aromatic heterocycles. The molecule has 2 aromatic rings. The fraction of sp³-hybridized carbons (Fsp3) is 0.526. The molecular weight excluding hydrogens is 402 g/mol. The Labute approximate surface area is 168 Å². The van der Waals surface area contributed by atoms with Gasteiger partial charge in [-0.15, -0.1) is 0 Å². The van der Waals surface area contributed by atoms with Gasteiger partial charge in [0.25, 0.3) is 10.0 Å². The van der Waals surface area contributed by atoms with Gasteiger partial charge in [-0.2, -0.15) is 9.19 Å². The summed E-state index contributed by atoms with van der Waals surface area (Å²) in [5, 5.41) is 4.06. The molecule has 2 aliphatic rings. The lowest BCUT2D eigenvalue weighted by Gasteiger charge is -2.38. The molecule has 0 unspecified atom stereocenters. The number of aromatic nitrogens is 2. The molecule has 0 radical (unpaired) electrons. The van der Waals surface area contributed by atoms with E-state index in [1.807, 2.05) is 6.92 Å². The Hall–Kier alpha value is -1.88. The average Bonchev–Trinajstić information content (AvgIpc) is 3.24. The van der Waals surface area contributed by atoms with Crippen molar-refractivity contribution < 1.29 is 21.9 Å². The van der Waals surface area contributed by atoms with Gasteiger partial charge in [0.2, 0.25) is 0 Å². The quantitative estimate of drug-likeness (QED) is 0.786. The van der Waals surface area contributed by atoms with Crippen LogP contribution in [0.2, 0.25) is 0 Å². The van der Waals surface area contributed by atoms with Crippen LogP contribution in [0.4, 0.5) is 8.78 Å². The Morgan fingerprint density at radius 2 is 2.10 bits per heavy atom. The first-order chi connectivity index (χ1) is 13.8. The van der Waals surface area contributed by atoms with Crippen LogP contribution in [0, 0.1) is 11.6 Å². The van der Waals surface area contributed by atoms with Crippen molar-refractivity contribution in [3.8, 4) is 0 Å². The highest BCUT2D eigenvalue weighted by atomic mass is 32.2. The summed E-state index contributed by atoms with van der Waals surface area (Å²) in [7, 11) is -3.47. The first-order valence-corrected chi connectivity index (χ1v) is 11.3. The predicted molar refractivity (Wildman–Crippen MR) is 102 cm³/mol. The molecule has 3 heterocycles. The Morgan fingerprint density at radius 3 is 2.83 bits per heavy atom. The number of benzene rings is 1. The minimum atomic E-state index is -3.47. The monoisotopic (exact) mass is 426 g/mol. The van der Waals surface area contributed by atoms with Crippen molar-refractivity contribution in [3.05, 3.63) is 52.9 Å². The average molecular weight is 426 g/mol. The van der Waals surface area contributed by atoms with Gasteiger partial charge in [-0.1, -0.05) is 6.92 Å². The van der Waals surface area contributed by atoms with Gasteiger partial charge >= 0.3 is 0 Å². The molecule has 158 valence electrons. The normalized spacial score (nSPS) is 25.3. The van der Waals surface area contributed by atoms with E-state index >= 15 is 0 Å². The number of hydrogen-bond acceptors (Lipinski definition) is 6. The molecule has 0 saturated carbocycles. The molecule has 1 fully saturated rings. The molecule has 1 aromatic carbocycles. The number of ether oxygens (including phenoxy) is 1. The van der Waals surface area contributed by atoms with E-state index in [1.165, 1.54) is 0 Å². The minimum absolute atomic E-state index is 0.0411. The molecule has 2 N–H and O–H groups in total. The van der Waals surface area contributed by atoms with Crippen LogP contribution in [0.1, 0.15) is 42.7 Å². The predicted octanol–water partition coefficient (Wildman–Crippen LogP) is 1.92. The van der Waals surface area contributed by atoms with E-state index in [0.717, 1.165) is 27.8 Å². The molecule has 0 bridgehead atoms. The van der Waals surface area contributed by atoms with Crippen molar-refractivity contribution in [2.75, 3.05) is 12.4 Å². The zero-order valence-electron chi connectivity index (χ0n) is 16.1. The van der Waals surface area contributed by atoms with E-state index < -0.39 is 33.8 Å². The van der Waals surface area contributed by atoms with Crippen molar-refractivity contribution in [2.24, 2.45) is 5.73 Å². The Morgan fingerprint density at radius 1 is 1.31 bits per heavy atom. The fourth-order valence-corrected chi connectivity index (χ4v) is 5.53. The molecular formula is C19H24F2N4O3S. The number of hydrogen-bond donors (Lipinski definition) is 1. The lowest BCUT2D eigenvalue weighted by molar-refractivity contribution is -0.0533. The highest BCUT2D eigenvalue weighted by Crippen LogP contribution is 2.34. The summed E-state index contributed by atoms with van der Waals surface area (Å²) in [6.45, 7) is 3.09. The summed E-state index contributed by atoms with van der Waals surface area (Å²) in [4.78, 5) is 2.10. The molecule has 0 amide bonds. The van der Waals surface area contributed by atoms with E-state index in [1.54, 1.807) is 6.20 Å². The number of nitrogens with two attached hydrogens (primary N) is 1. The highest BCUT2D eigenvalue weighted by Gasteiger charge is 2.38. The van der Waals surface area contributed by atoms with Crippen LogP contribution in [0.3, 0.4) is 0 Å². The lowest BCUT2D eigenvalue weighted by atomic mass is 9.93.